The minimum absolute atomic E-state index is 0.127. The standard InChI is InChI=1S/C12H16O4/c13-11(14)9-5-1-2-6(9)8-4-3-7(5)10(8)12(15)16/h5-10H,1-4H2,(H,13,14)(H,15,16)/t5-,6+,7+,8-,9?,10?. The Kier molecular flexibility index (Phi) is 2.03. The quantitative estimate of drug-likeness (QED) is 0.744. The summed E-state index contributed by atoms with van der Waals surface area (Å²) in [6.45, 7) is 0. The van der Waals surface area contributed by atoms with Gasteiger partial charge in [0, 0.05) is 0 Å². The lowest BCUT2D eigenvalue weighted by Gasteiger charge is -2.37. The molecule has 4 heteroatoms. The molecule has 0 amide bonds. The maximum atomic E-state index is 11.3. The summed E-state index contributed by atoms with van der Waals surface area (Å²) >= 11 is 0. The highest BCUT2D eigenvalue weighted by Gasteiger charge is 2.61. The maximum Gasteiger partial charge on any atom is 0.307 e. The Morgan fingerprint density at radius 2 is 0.938 bits per heavy atom. The van der Waals surface area contributed by atoms with E-state index in [0.29, 0.717) is 0 Å². The van der Waals surface area contributed by atoms with Gasteiger partial charge in [-0.3, -0.25) is 9.59 Å². The molecule has 3 rings (SSSR count). The zero-order valence-corrected chi connectivity index (χ0v) is 9.00. The Morgan fingerprint density at radius 1 is 0.688 bits per heavy atom. The molecule has 4 nitrogen and oxygen atoms in total. The largest absolute Gasteiger partial charge is 0.481 e. The van der Waals surface area contributed by atoms with Gasteiger partial charge in [-0.2, -0.15) is 0 Å². The average molecular weight is 224 g/mol. The number of fused-ring (bicyclic) bond motifs is 6. The molecule has 3 aliphatic carbocycles. The van der Waals surface area contributed by atoms with Crippen molar-refractivity contribution in [3.05, 3.63) is 0 Å². The predicted octanol–water partition coefficient (Wildman–Crippen LogP) is 1.45. The summed E-state index contributed by atoms with van der Waals surface area (Å²) in [6.07, 6.45) is 3.69. The Morgan fingerprint density at radius 3 is 1.12 bits per heavy atom. The van der Waals surface area contributed by atoms with E-state index in [1.54, 1.807) is 0 Å². The molecule has 0 heterocycles. The molecule has 0 aromatic heterocycles. The smallest absolute Gasteiger partial charge is 0.307 e. The number of hydrogen-bond acceptors (Lipinski definition) is 2. The molecular formula is C12H16O4. The zero-order chi connectivity index (χ0) is 11.4. The van der Waals surface area contributed by atoms with E-state index in [9.17, 15) is 19.8 Å². The van der Waals surface area contributed by atoms with E-state index in [4.69, 9.17) is 0 Å². The SMILES string of the molecule is O=C(O)C1[C@H]2CC[C@@H]1[C@@H]1CC[C@H]2C1C(=O)O. The molecule has 2 unspecified atom stereocenters. The molecule has 0 aromatic rings. The Labute approximate surface area is 93.6 Å². The average Bonchev–Trinajstić information content (AvgIpc) is 2.68. The second-order valence-electron chi connectivity index (χ2n) is 5.54. The van der Waals surface area contributed by atoms with E-state index in [0.717, 1.165) is 25.7 Å². The fourth-order valence-electron chi connectivity index (χ4n) is 4.78. The van der Waals surface area contributed by atoms with E-state index >= 15 is 0 Å². The van der Waals surface area contributed by atoms with Crippen LogP contribution in [0.4, 0.5) is 0 Å². The van der Waals surface area contributed by atoms with E-state index in [1.807, 2.05) is 0 Å². The minimum atomic E-state index is -0.701. The van der Waals surface area contributed by atoms with E-state index in [-0.39, 0.29) is 35.5 Å². The van der Waals surface area contributed by atoms with Crippen LogP contribution in [-0.2, 0) is 9.59 Å². The highest BCUT2D eigenvalue weighted by Crippen LogP contribution is 2.61. The topological polar surface area (TPSA) is 74.6 Å². The van der Waals surface area contributed by atoms with Gasteiger partial charge in [0.15, 0.2) is 0 Å². The van der Waals surface area contributed by atoms with Gasteiger partial charge in [-0.1, -0.05) is 0 Å². The Bertz CT molecular complexity index is 297. The lowest BCUT2D eigenvalue weighted by atomic mass is 9.65. The van der Waals surface area contributed by atoms with E-state index in [1.165, 1.54) is 0 Å². The highest BCUT2D eigenvalue weighted by molar-refractivity contribution is 5.75. The van der Waals surface area contributed by atoms with Gasteiger partial charge < -0.3 is 10.2 Å². The van der Waals surface area contributed by atoms with Crippen molar-refractivity contribution in [2.45, 2.75) is 25.7 Å². The van der Waals surface area contributed by atoms with E-state index < -0.39 is 11.9 Å². The summed E-state index contributed by atoms with van der Waals surface area (Å²) in [4.78, 5) is 22.5. The number of aliphatic carboxylic acids is 2. The van der Waals surface area contributed by atoms with Crippen molar-refractivity contribution in [1.82, 2.24) is 0 Å². The number of rotatable bonds is 2. The second kappa shape index (κ2) is 3.22. The van der Waals surface area contributed by atoms with Crippen molar-refractivity contribution in [2.24, 2.45) is 35.5 Å². The summed E-state index contributed by atoms with van der Waals surface area (Å²) in [5.74, 6) is -1.41. The van der Waals surface area contributed by atoms with Gasteiger partial charge >= 0.3 is 11.9 Å². The number of carbonyl (C=O) groups is 2. The molecule has 0 aromatic carbocycles. The number of hydrogen-bond donors (Lipinski definition) is 2. The van der Waals surface area contributed by atoms with E-state index in [2.05, 4.69) is 0 Å². The fourth-order valence-corrected chi connectivity index (χ4v) is 4.78. The predicted molar refractivity (Wildman–Crippen MR) is 54.7 cm³/mol. The lowest BCUT2D eigenvalue weighted by molar-refractivity contribution is -0.156. The number of carboxylic acids is 2. The number of carboxylic acid groups (broad SMARTS) is 2. The first-order chi connectivity index (χ1) is 7.61. The molecule has 3 saturated carbocycles. The van der Waals surface area contributed by atoms with Gasteiger partial charge in [0.1, 0.15) is 0 Å². The van der Waals surface area contributed by atoms with Gasteiger partial charge in [-0.25, -0.2) is 0 Å². The second-order valence-corrected chi connectivity index (χ2v) is 5.54. The van der Waals surface area contributed by atoms with Crippen LogP contribution in [0.5, 0.6) is 0 Å². The van der Waals surface area contributed by atoms with Crippen molar-refractivity contribution < 1.29 is 19.8 Å². The molecular weight excluding hydrogens is 208 g/mol. The highest BCUT2D eigenvalue weighted by atomic mass is 16.4. The summed E-state index contributed by atoms with van der Waals surface area (Å²) in [5.41, 5.74) is 0. The summed E-state index contributed by atoms with van der Waals surface area (Å²) in [6, 6.07) is 0. The molecule has 0 radical (unpaired) electrons. The normalized spacial score (nSPS) is 49.2. The molecule has 0 aliphatic heterocycles. The van der Waals surface area contributed by atoms with Crippen LogP contribution >= 0.6 is 0 Å². The van der Waals surface area contributed by atoms with Crippen molar-refractivity contribution in [3.63, 3.8) is 0 Å². The fraction of sp³-hybridized carbons (Fsp3) is 0.833. The van der Waals surface area contributed by atoms with Crippen LogP contribution in [0, 0.1) is 35.5 Å². The summed E-state index contributed by atoms with van der Waals surface area (Å²) < 4.78 is 0. The lowest BCUT2D eigenvalue weighted by Crippen LogP contribution is -2.43. The summed E-state index contributed by atoms with van der Waals surface area (Å²) in [5, 5.41) is 18.5. The molecule has 4 bridgehead atoms. The molecule has 16 heavy (non-hydrogen) atoms. The molecule has 3 fully saturated rings. The Balaban J connectivity index is 1.97. The third-order valence-electron chi connectivity index (χ3n) is 5.18. The van der Waals surface area contributed by atoms with Gasteiger partial charge in [0.2, 0.25) is 0 Å². The minimum Gasteiger partial charge on any atom is -0.481 e. The molecule has 2 N–H and O–H groups in total. The van der Waals surface area contributed by atoms with Gasteiger partial charge in [-0.15, -0.1) is 0 Å². The van der Waals surface area contributed by atoms with Crippen LogP contribution in [-0.4, -0.2) is 22.2 Å². The van der Waals surface area contributed by atoms with Crippen LogP contribution in [0.1, 0.15) is 25.7 Å². The van der Waals surface area contributed by atoms with Crippen molar-refractivity contribution in [1.29, 1.82) is 0 Å². The van der Waals surface area contributed by atoms with Crippen LogP contribution in [0.2, 0.25) is 0 Å². The summed E-state index contributed by atoms with van der Waals surface area (Å²) in [7, 11) is 0. The molecule has 88 valence electrons. The molecule has 0 saturated heterocycles. The van der Waals surface area contributed by atoms with Crippen LogP contribution in [0.15, 0.2) is 0 Å². The first kappa shape index (κ1) is 10.1. The molecule has 6 atom stereocenters. The van der Waals surface area contributed by atoms with Crippen LogP contribution in [0.3, 0.4) is 0 Å². The zero-order valence-electron chi connectivity index (χ0n) is 9.00. The molecule has 0 spiro atoms. The van der Waals surface area contributed by atoms with Gasteiger partial charge in [0.25, 0.3) is 0 Å². The van der Waals surface area contributed by atoms with Crippen LogP contribution in [0.25, 0.3) is 0 Å². The molecule has 3 aliphatic rings. The van der Waals surface area contributed by atoms with Crippen LogP contribution < -0.4 is 0 Å². The van der Waals surface area contributed by atoms with Crippen molar-refractivity contribution in [2.75, 3.05) is 0 Å². The van der Waals surface area contributed by atoms with Gasteiger partial charge in [0.05, 0.1) is 11.8 Å². The Hall–Kier alpha value is -1.06. The third kappa shape index (κ3) is 1.10. The van der Waals surface area contributed by atoms with Crippen molar-refractivity contribution in [3.8, 4) is 0 Å². The first-order valence-electron chi connectivity index (χ1n) is 6.07. The monoisotopic (exact) mass is 224 g/mol. The first-order valence-corrected chi connectivity index (χ1v) is 6.07. The maximum absolute atomic E-state index is 11.3. The third-order valence-corrected chi connectivity index (χ3v) is 5.18. The van der Waals surface area contributed by atoms with Gasteiger partial charge in [-0.05, 0) is 49.4 Å². The van der Waals surface area contributed by atoms with Crippen molar-refractivity contribution >= 4 is 11.9 Å².